The predicted molar refractivity (Wildman–Crippen MR) is 86.0 cm³/mol. The molecule has 20 heavy (non-hydrogen) atoms. The van der Waals surface area contributed by atoms with E-state index in [1.807, 2.05) is 0 Å². The highest BCUT2D eigenvalue weighted by atomic mass is 15.2. The molecule has 5 atom stereocenters. The Morgan fingerprint density at radius 2 is 1.85 bits per heavy atom. The van der Waals surface area contributed by atoms with Gasteiger partial charge < -0.3 is 5.32 Å². The van der Waals surface area contributed by atoms with Gasteiger partial charge in [-0.15, -0.1) is 0 Å². The van der Waals surface area contributed by atoms with E-state index < -0.39 is 0 Å². The molecule has 1 saturated heterocycles. The zero-order valence-electron chi connectivity index (χ0n) is 13.6. The lowest BCUT2D eigenvalue weighted by atomic mass is 9.80. The predicted octanol–water partition coefficient (Wildman–Crippen LogP) is 3.81. The van der Waals surface area contributed by atoms with Crippen LogP contribution in [0.15, 0.2) is 0 Å². The molecule has 0 aromatic rings. The molecule has 1 heterocycles. The van der Waals surface area contributed by atoms with Crippen LogP contribution in [0.4, 0.5) is 0 Å². The topological polar surface area (TPSA) is 15.3 Å². The van der Waals surface area contributed by atoms with Crippen LogP contribution < -0.4 is 5.32 Å². The van der Waals surface area contributed by atoms with Gasteiger partial charge in [-0.3, -0.25) is 4.90 Å². The van der Waals surface area contributed by atoms with E-state index in [4.69, 9.17) is 0 Å². The number of hydrogen-bond acceptors (Lipinski definition) is 2. The van der Waals surface area contributed by atoms with Crippen molar-refractivity contribution in [3.8, 4) is 0 Å². The van der Waals surface area contributed by atoms with Gasteiger partial charge in [0.25, 0.3) is 0 Å². The third kappa shape index (κ3) is 3.06. The van der Waals surface area contributed by atoms with Crippen molar-refractivity contribution in [2.45, 2.75) is 89.8 Å². The number of likely N-dealkylation sites (tertiary alicyclic amines) is 1. The van der Waals surface area contributed by atoms with E-state index in [0.29, 0.717) is 0 Å². The molecular weight excluding hydrogens is 244 g/mol. The fourth-order valence-corrected chi connectivity index (χ4v) is 5.14. The zero-order valence-corrected chi connectivity index (χ0v) is 13.6. The van der Waals surface area contributed by atoms with Gasteiger partial charge in [-0.2, -0.15) is 0 Å². The first-order valence-electron chi connectivity index (χ1n) is 9.28. The molecule has 1 aliphatic heterocycles. The maximum atomic E-state index is 3.87. The largest absolute Gasteiger partial charge is 0.312 e. The minimum absolute atomic E-state index is 0.770. The maximum absolute atomic E-state index is 3.87. The summed E-state index contributed by atoms with van der Waals surface area (Å²) < 4.78 is 0. The summed E-state index contributed by atoms with van der Waals surface area (Å²) in [5.74, 6) is 1.97. The Balaban J connectivity index is 1.67. The number of rotatable bonds is 4. The molecule has 0 spiro atoms. The molecule has 3 aliphatic rings. The summed E-state index contributed by atoms with van der Waals surface area (Å²) >= 11 is 0. The minimum Gasteiger partial charge on any atom is -0.312 e. The Hall–Kier alpha value is -0.0800. The second-order valence-electron chi connectivity index (χ2n) is 7.68. The Bertz CT molecular complexity index is 302. The van der Waals surface area contributed by atoms with Crippen LogP contribution in [0.1, 0.15) is 71.6 Å². The first kappa shape index (κ1) is 14.8. The number of nitrogens with one attached hydrogen (secondary N) is 1. The van der Waals surface area contributed by atoms with Gasteiger partial charge in [-0.25, -0.2) is 0 Å². The quantitative estimate of drug-likeness (QED) is 0.841. The molecule has 1 N–H and O–H groups in total. The van der Waals surface area contributed by atoms with Crippen molar-refractivity contribution in [1.29, 1.82) is 0 Å². The summed E-state index contributed by atoms with van der Waals surface area (Å²) in [4.78, 5) is 2.95. The molecule has 0 radical (unpaired) electrons. The highest BCUT2D eigenvalue weighted by Gasteiger charge is 2.42. The van der Waals surface area contributed by atoms with Crippen molar-refractivity contribution in [2.24, 2.45) is 11.8 Å². The summed E-state index contributed by atoms with van der Waals surface area (Å²) in [7, 11) is 0. The van der Waals surface area contributed by atoms with E-state index in [1.54, 1.807) is 0 Å². The van der Waals surface area contributed by atoms with Crippen LogP contribution >= 0.6 is 0 Å². The highest BCUT2D eigenvalue weighted by molar-refractivity contribution is 4.98. The molecule has 0 aromatic heterocycles. The van der Waals surface area contributed by atoms with E-state index in [9.17, 15) is 0 Å². The Labute approximate surface area is 125 Å². The first-order valence-corrected chi connectivity index (χ1v) is 9.28. The van der Waals surface area contributed by atoms with Gasteiger partial charge in [-0.05, 0) is 69.9 Å². The van der Waals surface area contributed by atoms with Crippen molar-refractivity contribution >= 4 is 0 Å². The highest BCUT2D eigenvalue weighted by Crippen LogP contribution is 2.40. The number of fused-ring (bicyclic) bond motifs is 1. The van der Waals surface area contributed by atoms with Gasteiger partial charge in [0.05, 0.1) is 0 Å². The molecule has 3 fully saturated rings. The molecule has 3 rings (SSSR count). The molecule has 2 aliphatic carbocycles. The third-order valence-electron chi connectivity index (χ3n) is 6.21. The second-order valence-corrected chi connectivity index (χ2v) is 7.68. The van der Waals surface area contributed by atoms with Gasteiger partial charge in [0.15, 0.2) is 0 Å². The zero-order chi connectivity index (χ0) is 13.9. The molecule has 116 valence electrons. The van der Waals surface area contributed by atoms with Crippen molar-refractivity contribution in [3.05, 3.63) is 0 Å². The summed E-state index contributed by atoms with van der Waals surface area (Å²) in [5, 5.41) is 3.87. The van der Waals surface area contributed by atoms with Crippen LogP contribution in [0.5, 0.6) is 0 Å². The number of nitrogens with zero attached hydrogens (tertiary/aromatic N) is 1. The normalized spacial score (nSPS) is 42.6. The average Bonchev–Trinajstić information content (AvgIpc) is 2.90. The minimum atomic E-state index is 0.770. The molecule has 5 unspecified atom stereocenters. The van der Waals surface area contributed by atoms with Gasteiger partial charge in [0.2, 0.25) is 0 Å². The first-order chi connectivity index (χ1) is 9.79. The van der Waals surface area contributed by atoms with Gasteiger partial charge in [0.1, 0.15) is 0 Å². The van der Waals surface area contributed by atoms with E-state index in [-0.39, 0.29) is 0 Å². The van der Waals surface area contributed by atoms with Crippen molar-refractivity contribution in [2.75, 3.05) is 13.1 Å². The Morgan fingerprint density at radius 3 is 2.70 bits per heavy atom. The van der Waals surface area contributed by atoms with Gasteiger partial charge >= 0.3 is 0 Å². The summed E-state index contributed by atoms with van der Waals surface area (Å²) in [6, 6.07) is 2.54. The summed E-state index contributed by atoms with van der Waals surface area (Å²) in [6.45, 7) is 7.35. The van der Waals surface area contributed by atoms with Crippen LogP contribution in [0.25, 0.3) is 0 Å². The molecule has 0 bridgehead atoms. The van der Waals surface area contributed by atoms with Crippen LogP contribution in [0.3, 0.4) is 0 Å². The van der Waals surface area contributed by atoms with Gasteiger partial charge in [-0.1, -0.05) is 26.7 Å². The smallest absolute Gasteiger partial charge is 0.0254 e. The second kappa shape index (κ2) is 6.79. The summed E-state index contributed by atoms with van der Waals surface area (Å²) in [6.07, 6.45) is 13.0. The monoisotopic (exact) mass is 278 g/mol. The maximum Gasteiger partial charge on any atom is 0.0254 e. The van der Waals surface area contributed by atoms with Crippen molar-refractivity contribution in [3.63, 3.8) is 0 Å². The van der Waals surface area contributed by atoms with E-state index in [2.05, 4.69) is 24.1 Å². The van der Waals surface area contributed by atoms with Crippen LogP contribution in [-0.2, 0) is 0 Å². The molecule has 2 nitrogen and oxygen atoms in total. The number of hydrogen-bond donors (Lipinski definition) is 1. The van der Waals surface area contributed by atoms with Crippen molar-refractivity contribution < 1.29 is 0 Å². The fourth-order valence-electron chi connectivity index (χ4n) is 5.14. The van der Waals surface area contributed by atoms with Crippen molar-refractivity contribution in [1.82, 2.24) is 10.2 Å². The lowest BCUT2D eigenvalue weighted by Gasteiger charge is -2.45. The SMILES string of the molecule is CCCNC1CCC(C)CC1N1CCC2CCCCC21. The molecule has 0 aromatic carbocycles. The van der Waals surface area contributed by atoms with Gasteiger partial charge in [0, 0.05) is 18.1 Å². The fraction of sp³-hybridized carbons (Fsp3) is 1.00. The molecule has 0 amide bonds. The standard InChI is InChI=1S/C18H34N2/c1-3-11-19-16-9-8-14(2)13-18(16)20-12-10-15-6-4-5-7-17(15)20/h14-19H,3-13H2,1-2H3. The van der Waals surface area contributed by atoms with E-state index >= 15 is 0 Å². The average molecular weight is 278 g/mol. The summed E-state index contributed by atoms with van der Waals surface area (Å²) in [5.41, 5.74) is 0. The van der Waals surface area contributed by atoms with Crippen LogP contribution in [0, 0.1) is 11.8 Å². The van der Waals surface area contributed by atoms with E-state index in [1.165, 1.54) is 70.9 Å². The van der Waals surface area contributed by atoms with Crippen LogP contribution in [0.2, 0.25) is 0 Å². The van der Waals surface area contributed by atoms with E-state index in [0.717, 1.165) is 30.0 Å². The molecule has 2 saturated carbocycles. The lowest BCUT2D eigenvalue weighted by Crippen LogP contribution is -2.55. The Morgan fingerprint density at radius 1 is 1.00 bits per heavy atom. The third-order valence-corrected chi connectivity index (χ3v) is 6.21. The Kier molecular flexibility index (Phi) is 5.04. The lowest BCUT2D eigenvalue weighted by molar-refractivity contribution is 0.0680. The molecular formula is C18H34N2. The molecule has 2 heteroatoms. The van der Waals surface area contributed by atoms with Crippen LogP contribution in [-0.4, -0.2) is 36.1 Å².